The van der Waals surface area contributed by atoms with Crippen LogP contribution in [0.4, 0.5) is 0 Å². The number of carbonyl (C=O) groups excluding carboxylic acids is 1. The highest BCUT2D eigenvalue weighted by molar-refractivity contribution is 5.75. The molecule has 0 bridgehead atoms. The first kappa shape index (κ1) is 15.6. The van der Waals surface area contributed by atoms with Crippen molar-refractivity contribution in [3.8, 4) is 0 Å². The second-order valence-corrected chi connectivity index (χ2v) is 4.81. The summed E-state index contributed by atoms with van der Waals surface area (Å²) in [6.45, 7) is 3.52. The monoisotopic (exact) mass is 263 g/mol. The Morgan fingerprint density at radius 3 is 2.89 bits per heavy atom. The van der Waals surface area contributed by atoms with Gasteiger partial charge in [-0.05, 0) is 37.4 Å². The van der Waals surface area contributed by atoms with Crippen LogP contribution in [0, 0.1) is 5.92 Å². The van der Waals surface area contributed by atoms with Crippen molar-refractivity contribution in [2.45, 2.75) is 39.0 Å². The summed E-state index contributed by atoms with van der Waals surface area (Å²) < 4.78 is 0. The summed E-state index contributed by atoms with van der Waals surface area (Å²) in [5.41, 5.74) is 6.56. The first-order valence-corrected chi connectivity index (χ1v) is 7.13. The molecule has 1 heterocycles. The van der Waals surface area contributed by atoms with Crippen molar-refractivity contribution >= 4 is 5.91 Å². The lowest BCUT2D eigenvalue weighted by Gasteiger charge is -2.13. The molecule has 0 aromatic carbocycles. The third kappa shape index (κ3) is 6.91. The smallest absolute Gasteiger partial charge is 0.220 e. The van der Waals surface area contributed by atoms with Crippen molar-refractivity contribution in [2.24, 2.45) is 11.7 Å². The molecule has 19 heavy (non-hydrogen) atoms. The zero-order valence-electron chi connectivity index (χ0n) is 11.8. The molecule has 4 heteroatoms. The Labute approximate surface area is 115 Å². The molecule has 0 spiro atoms. The van der Waals surface area contributed by atoms with Crippen molar-refractivity contribution in [3.05, 3.63) is 30.1 Å². The first-order valence-electron chi connectivity index (χ1n) is 7.13. The van der Waals surface area contributed by atoms with Gasteiger partial charge in [-0.2, -0.15) is 0 Å². The molecule has 0 radical (unpaired) electrons. The minimum atomic E-state index is 0.131. The van der Waals surface area contributed by atoms with E-state index in [4.69, 9.17) is 5.73 Å². The Morgan fingerprint density at radius 2 is 2.26 bits per heavy atom. The van der Waals surface area contributed by atoms with Crippen LogP contribution in [0.15, 0.2) is 24.4 Å². The highest BCUT2D eigenvalue weighted by Gasteiger charge is 2.08. The number of aromatic nitrogens is 1. The van der Waals surface area contributed by atoms with E-state index in [1.165, 1.54) is 0 Å². The molecule has 0 saturated heterocycles. The van der Waals surface area contributed by atoms with Gasteiger partial charge in [0.05, 0.1) is 0 Å². The van der Waals surface area contributed by atoms with E-state index in [9.17, 15) is 4.79 Å². The molecular weight excluding hydrogens is 238 g/mol. The van der Waals surface area contributed by atoms with Crippen LogP contribution >= 0.6 is 0 Å². The molecule has 4 nitrogen and oxygen atoms in total. The SMILES string of the molecule is CCC(CCN)CCC(=O)NCCc1ccccn1. The molecule has 1 aromatic rings. The van der Waals surface area contributed by atoms with Crippen LogP contribution in [-0.2, 0) is 11.2 Å². The van der Waals surface area contributed by atoms with Gasteiger partial charge in [0.1, 0.15) is 0 Å². The largest absolute Gasteiger partial charge is 0.356 e. The zero-order chi connectivity index (χ0) is 13.9. The van der Waals surface area contributed by atoms with Crippen molar-refractivity contribution in [3.63, 3.8) is 0 Å². The number of amides is 1. The molecule has 0 aliphatic carbocycles. The summed E-state index contributed by atoms with van der Waals surface area (Å²) in [5, 5.41) is 2.94. The number of nitrogens with zero attached hydrogens (tertiary/aromatic N) is 1. The highest BCUT2D eigenvalue weighted by Crippen LogP contribution is 2.14. The van der Waals surface area contributed by atoms with Gasteiger partial charge < -0.3 is 11.1 Å². The quantitative estimate of drug-likeness (QED) is 0.715. The standard InChI is InChI=1S/C15H25N3O/c1-2-13(8-10-16)6-7-15(19)18-12-9-14-5-3-4-11-17-14/h3-5,11,13H,2,6-10,12,16H2,1H3,(H,18,19). The number of hydrogen-bond acceptors (Lipinski definition) is 3. The van der Waals surface area contributed by atoms with Crippen LogP contribution < -0.4 is 11.1 Å². The number of hydrogen-bond donors (Lipinski definition) is 2. The Morgan fingerprint density at radius 1 is 1.42 bits per heavy atom. The number of carbonyl (C=O) groups is 1. The predicted octanol–water partition coefficient (Wildman–Crippen LogP) is 1.90. The predicted molar refractivity (Wildman–Crippen MR) is 77.6 cm³/mol. The van der Waals surface area contributed by atoms with Gasteiger partial charge >= 0.3 is 0 Å². The maximum absolute atomic E-state index is 11.7. The lowest BCUT2D eigenvalue weighted by Crippen LogP contribution is -2.26. The molecule has 1 amide bonds. The molecule has 0 aliphatic heterocycles. The third-order valence-electron chi connectivity index (χ3n) is 3.36. The molecule has 1 aromatic heterocycles. The molecule has 1 atom stereocenters. The molecule has 0 fully saturated rings. The van der Waals surface area contributed by atoms with Gasteiger partial charge in [-0.25, -0.2) is 0 Å². The van der Waals surface area contributed by atoms with Crippen LogP contribution in [0.1, 0.15) is 38.3 Å². The Balaban J connectivity index is 2.14. The zero-order valence-corrected chi connectivity index (χ0v) is 11.8. The molecule has 1 rings (SSSR count). The fraction of sp³-hybridized carbons (Fsp3) is 0.600. The van der Waals surface area contributed by atoms with Crippen LogP contribution in [0.2, 0.25) is 0 Å². The third-order valence-corrected chi connectivity index (χ3v) is 3.36. The second-order valence-electron chi connectivity index (χ2n) is 4.81. The summed E-state index contributed by atoms with van der Waals surface area (Å²) in [7, 11) is 0. The summed E-state index contributed by atoms with van der Waals surface area (Å²) in [5.74, 6) is 0.706. The molecule has 1 unspecified atom stereocenters. The Kier molecular flexibility index (Phi) is 7.82. The van der Waals surface area contributed by atoms with Gasteiger partial charge in [-0.3, -0.25) is 9.78 Å². The maximum atomic E-state index is 11.7. The van der Waals surface area contributed by atoms with Crippen LogP contribution in [0.25, 0.3) is 0 Å². The topological polar surface area (TPSA) is 68.0 Å². The van der Waals surface area contributed by atoms with Crippen molar-refractivity contribution in [1.29, 1.82) is 0 Å². The molecular formula is C15H25N3O. The van der Waals surface area contributed by atoms with Crippen molar-refractivity contribution < 1.29 is 4.79 Å². The first-order chi connectivity index (χ1) is 9.26. The summed E-state index contributed by atoms with van der Waals surface area (Å²) in [6.07, 6.45) is 6.20. The summed E-state index contributed by atoms with van der Waals surface area (Å²) in [6, 6.07) is 5.83. The van der Waals surface area contributed by atoms with E-state index in [-0.39, 0.29) is 5.91 Å². The Hall–Kier alpha value is -1.42. The van der Waals surface area contributed by atoms with Crippen LogP contribution in [0.5, 0.6) is 0 Å². The van der Waals surface area contributed by atoms with E-state index in [0.717, 1.165) is 31.4 Å². The number of nitrogens with one attached hydrogen (secondary N) is 1. The van der Waals surface area contributed by atoms with Gasteiger partial charge in [-0.1, -0.05) is 19.4 Å². The average Bonchev–Trinajstić information content (AvgIpc) is 2.44. The van der Waals surface area contributed by atoms with Gasteiger partial charge in [-0.15, -0.1) is 0 Å². The van der Waals surface area contributed by atoms with E-state index in [2.05, 4.69) is 17.2 Å². The van der Waals surface area contributed by atoms with Gasteiger partial charge in [0.25, 0.3) is 0 Å². The van der Waals surface area contributed by atoms with Crippen molar-refractivity contribution in [1.82, 2.24) is 10.3 Å². The van der Waals surface area contributed by atoms with E-state index in [1.54, 1.807) is 6.20 Å². The highest BCUT2D eigenvalue weighted by atomic mass is 16.1. The lowest BCUT2D eigenvalue weighted by molar-refractivity contribution is -0.121. The molecule has 0 aliphatic rings. The minimum Gasteiger partial charge on any atom is -0.356 e. The number of nitrogens with two attached hydrogens (primary N) is 1. The summed E-state index contributed by atoms with van der Waals surface area (Å²) >= 11 is 0. The van der Waals surface area contributed by atoms with Crippen molar-refractivity contribution in [2.75, 3.05) is 13.1 Å². The van der Waals surface area contributed by atoms with E-state index < -0.39 is 0 Å². The van der Waals surface area contributed by atoms with E-state index in [0.29, 0.717) is 25.4 Å². The molecule has 0 saturated carbocycles. The minimum absolute atomic E-state index is 0.131. The van der Waals surface area contributed by atoms with Gasteiger partial charge in [0, 0.05) is 31.3 Å². The Bertz CT molecular complexity index is 354. The maximum Gasteiger partial charge on any atom is 0.220 e. The lowest BCUT2D eigenvalue weighted by atomic mass is 9.96. The summed E-state index contributed by atoms with van der Waals surface area (Å²) in [4.78, 5) is 15.9. The number of rotatable bonds is 9. The molecule has 3 N–H and O–H groups in total. The van der Waals surface area contributed by atoms with E-state index >= 15 is 0 Å². The van der Waals surface area contributed by atoms with E-state index in [1.807, 2.05) is 18.2 Å². The second kappa shape index (κ2) is 9.50. The fourth-order valence-electron chi connectivity index (χ4n) is 2.09. The fourth-order valence-corrected chi connectivity index (χ4v) is 2.09. The van der Waals surface area contributed by atoms with Crippen LogP contribution in [-0.4, -0.2) is 24.0 Å². The average molecular weight is 263 g/mol. The van der Waals surface area contributed by atoms with Gasteiger partial charge in [0.15, 0.2) is 0 Å². The normalized spacial score (nSPS) is 12.1. The number of pyridine rings is 1. The van der Waals surface area contributed by atoms with Gasteiger partial charge in [0.2, 0.25) is 5.91 Å². The van der Waals surface area contributed by atoms with Crippen LogP contribution in [0.3, 0.4) is 0 Å². The molecule has 106 valence electrons.